The molecule has 0 saturated carbocycles. The van der Waals surface area contributed by atoms with Crippen LogP contribution in [0.3, 0.4) is 0 Å². The molecule has 1 aromatic carbocycles. The molecule has 128 valence electrons. The van der Waals surface area contributed by atoms with Crippen LogP contribution < -0.4 is 10.6 Å². The number of carbonyl (C=O) groups is 1. The zero-order chi connectivity index (χ0) is 17.4. The van der Waals surface area contributed by atoms with Crippen LogP contribution >= 0.6 is 11.6 Å². The summed E-state index contributed by atoms with van der Waals surface area (Å²) < 4.78 is 0. The van der Waals surface area contributed by atoms with Crippen molar-refractivity contribution in [1.82, 2.24) is 15.3 Å². The van der Waals surface area contributed by atoms with Gasteiger partial charge in [-0.15, -0.1) is 0 Å². The third-order valence-corrected chi connectivity index (χ3v) is 3.78. The van der Waals surface area contributed by atoms with Crippen molar-refractivity contribution in [2.45, 2.75) is 26.7 Å². The number of nitrogens with zero attached hydrogens (tertiary/aromatic N) is 2. The molecule has 2 rings (SSSR count). The maximum atomic E-state index is 12.0. The quantitative estimate of drug-likeness (QED) is 0.767. The van der Waals surface area contributed by atoms with E-state index in [0.29, 0.717) is 29.0 Å². The zero-order valence-corrected chi connectivity index (χ0v) is 14.8. The van der Waals surface area contributed by atoms with E-state index in [4.69, 9.17) is 11.6 Å². The van der Waals surface area contributed by atoms with E-state index in [1.54, 1.807) is 6.20 Å². The molecule has 1 heterocycles. The van der Waals surface area contributed by atoms with Crippen molar-refractivity contribution < 1.29 is 4.79 Å². The molecule has 0 unspecified atom stereocenters. The number of hydrogen-bond donors (Lipinski definition) is 2. The summed E-state index contributed by atoms with van der Waals surface area (Å²) in [6.07, 6.45) is 4.89. The van der Waals surface area contributed by atoms with Crippen LogP contribution in [0.4, 0.5) is 5.82 Å². The lowest BCUT2D eigenvalue weighted by molar-refractivity contribution is 0.0949. The average Bonchev–Trinajstić information content (AvgIpc) is 2.57. The first kappa shape index (κ1) is 18.2. The van der Waals surface area contributed by atoms with Gasteiger partial charge in [0.1, 0.15) is 11.5 Å². The number of hydrogen-bond acceptors (Lipinski definition) is 4. The molecule has 6 heteroatoms. The van der Waals surface area contributed by atoms with E-state index in [2.05, 4.69) is 34.4 Å². The van der Waals surface area contributed by atoms with Gasteiger partial charge >= 0.3 is 0 Å². The monoisotopic (exact) mass is 346 g/mol. The molecule has 0 aliphatic heterocycles. The van der Waals surface area contributed by atoms with Crippen LogP contribution in [0.5, 0.6) is 0 Å². The molecule has 24 heavy (non-hydrogen) atoms. The van der Waals surface area contributed by atoms with E-state index in [1.165, 1.54) is 6.20 Å². The van der Waals surface area contributed by atoms with Crippen molar-refractivity contribution in [2.75, 3.05) is 18.4 Å². The second-order valence-corrected chi connectivity index (χ2v) is 6.46. The van der Waals surface area contributed by atoms with Gasteiger partial charge in [-0.3, -0.25) is 4.79 Å². The van der Waals surface area contributed by atoms with Crippen molar-refractivity contribution in [3.8, 4) is 0 Å². The summed E-state index contributed by atoms with van der Waals surface area (Å²) >= 11 is 5.85. The van der Waals surface area contributed by atoms with E-state index >= 15 is 0 Å². The van der Waals surface area contributed by atoms with Crippen LogP contribution in [-0.2, 0) is 6.42 Å². The highest BCUT2D eigenvalue weighted by Crippen LogP contribution is 2.09. The molecule has 5 nitrogen and oxygen atoms in total. The van der Waals surface area contributed by atoms with Crippen molar-refractivity contribution in [1.29, 1.82) is 0 Å². The Morgan fingerprint density at radius 3 is 2.50 bits per heavy atom. The van der Waals surface area contributed by atoms with Gasteiger partial charge < -0.3 is 10.6 Å². The van der Waals surface area contributed by atoms with Gasteiger partial charge in [0, 0.05) is 18.1 Å². The highest BCUT2D eigenvalue weighted by atomic mass is 35.5. The second-order valence-electron chi connectivity index (χ2n) is 6.03. The standard InChI is InChI=1S/C18H23ClN4O/c1-13(2)7-9-20-17-12-22-16(11-23-17)18(24)21-10-8-14-3-5-15(19)6-4-14/h3-6,11-13H,7-10H2,1-2H3,(H,20,23)(H,21,24). The normalized spacial score (nSPS) is 10.7. The number of aromatic nitrogens is 2. The van der Waals surface area contributed by atoms with E-state index in [-0.39, 0.29) is 5.91 Å². The molecule has 0 aliphatic rings. The fraction of sp³-hybridized carbons (Fsp3) is 0.389. The molecule has 0 saturated heterocycles. The molecule has 0 fully saturated rings. The van der Waals surface area contributed by atoms with Gasteiger partial charge in [0.2, 0.25) is 0 Å². The molecule has 0 atom stereocenters. The van der Waals surface area contributed by atoms with Gasteiger partial charge in [-0.1, -0.05) is 37.6 Å². The van der Waals surface area contributed by atoms with Crippen LogP contribution in [0.25, 0.3) is 0 Å². The fourth-order valence-electron chi connectivity index (χ4n) is 2.09. The zero-order valence-electron chi connectivity index (χ0n) is 14.1. The van der Waals surface area contributed by atoms with E-state index in [9.17, 15) is 4.79 Å². The van der Waals surface area contributed by atoms with E-state index < -0.39 is 0 Å². The predicted octanol–water partition coefficient (Wildman–Crippen LogP) is 3.56. The van der Waals surface area contributed by atoms with Crippen molar-refractivity contribution in [2.24, 2.45) is 5.92 Å². The maximum Gasteiger partial charge on any atom is 0.271 e. The van der Waals surface area contributed by atoms with Crippen LogP contribution in [0, 0.1) is 5.92 Å². The molecular weight excluding hydrogens is 324 g/mol. The minimum absolute atomic E-state index is 0.217. The first-order valence-electron chi connectivity index (χ1n) is 8.13. The first-order valence-corrected chi connectivity index (χ1v) is 8.51. The molecule has 1 amide bonds. The Bertz CT molecular complexity index is 641. The van der Waals surface area contributed by atoms with Gasteiger partial charge in [-0.2, -0.15) is 0 Å². The Labute approximate surface area is 147 Å². The van der Waals surface area contributed by atoms with Gasteiger partial charge in [0.25, 0.3) is 5.91 Å². The van der Waals surface area contributed by atoms with E-state index in [1.807, 2.05) is 24.3 Å². The smallest absolute Gasteiger partial charge is 0.271 e. The number of nitrogens with one attached hydrogen (secondary N) is 2. The van der Waals surface area contributed by atoms with Crippen LogP contribution in [0.2, 0.25) is 5.02 Å². The van der Waals surface area contributed by atoms with Gasteiger partial charge in [0.05, 0.1) is 12.4 Å². The largest absolute Gasteiger partial charge is 0.369 e. The Kier molecular flexibility index (Phi) is 7.00. The summed E-state index contributed by atoms with van der Waals surface area (Å²) in [6, 6.07) is 7.59. The van der Waals surface area contributed by atoms with Crippen LogP contribution in [-0.4, -0.2) is 29.0 Å². The summed E-state index contributed by atoms with van der Waals surface area (Å²) in [5.74, 6) is 1.11. The molecule has 0 bridgehead atoms. The number of carbonyl (C=O) groups excluding carboxylic acids is 1. The summed E-state index contributed by atoms with van der Waals surface area (Å²) in [6.45, 7) is 5.73. The Morgan fingerprint density at radius 2 is 1.88 bits per heavy atom. The molecule has 0 spiro atoms. The number of rotatable bonds is 8. The van der Waals surface area contributed by atoms with Crippen molar-refractivity contribution >= 4 is 23.3 Å². The topological polar surface area (TPSA) is 66.9 Å². The van der Waals surface area contributed by atoms with E-state index in [0.717, 1.165) is 24.9 Å². The Hall–Kier alpha value is -2.14. The molecule has 0 aliphatic carbocycles. The number of anilines is 1. The van der Waals surface area contributed by atoms with Crippen LogP contribution in [0.15, 0.2) is 36.7 Å². The SMILES string of the molecule is CC(C)CCNc1cnc(C(=O)NCCc2ccc(Cl)cc2)cn1. The second kappa shape index (κ2) is 9.23. The third kappa shape index (κ3) is 6.16. The minimum atomic E-state index is -0.217. The first-order chi connectivity index (χ1) is 11.5. The number of amides is 1. The van der Waals surface area contributed by atoms with Crippen molar-refractivity contribution in [3.63, 3.8) is 0 Å². The lowest BCUT2D eigenvalue weighted by atomic mass is 10.1. The molecule has 0 radical (unpaired) electrons. The highest BCUT2D eigenvalue weighted by Gasteiger charge is 2.07. The summed E-state index contributed by atoms with van der Waals surface area (Å²) in [4.78, 5) is 20.4. The lowest BCUT2D eigenvalue weighted by Gasteiger charge is -2.08. The number of benzene rings is 1. The Balaban J connectivity index is 1.76. The number of halogens is 1. The lowest BCUT2D eigenvalue weighted by Crippen LogP contribution is -2.26. The van der Waals surface area contributed by atoms with Gasteiger partial charge in [0.15, 0.2) is 0 Å². The summed E-state index contributed by atoms with van der Waals surface area (Å²) in [5.41, 5.74) is 1.44. The molecule has 1 aromatic heterocycles. The van der Waals surface area contributed by atoms with Gasteiger partial charge in [-0.05, 0) is 36.5 Å². The summed E-state index contributed by atoms with van der Waals surface area (Å²) in [5, 5.41) is 6.75. The highest BCUT2D eigenvalue weighted by molar-refractivity contribution is 6.30. The Morgan fingerprint density at radius 1 is 1.12 bits per heavy atom. The maximum absolute atomic E-state index is 12.0. The molecular formula is C18H23ClN4O. The third-order valence-electron chi connectivity index (χ3n) is 3.52. The minimum Gasteiger partial charge on any atom is -0.369 e. The average molecular weight is 347 g/mol. The van der Waals surface area contributed by atoms with Crippen LogP contribution in [0.1, 0.15) is 36.3 Å². The molecule has 2 aromatic rings. The van der Waals surface area contributed by atoms with Gasteiger partial charge in [-0.25, -0.2) is 9.97 Å². The van der Waals surface area contributed by atoms with Crippen molar-refractivity contribution in [3.05, 3.63) is 52.9 Å². The summed E-state index contributed by atoms with van der Waals surface area (Å²) in [7, 11) is 0. The fourth-order valence-corrected chi connectivity index (χ4v) is 2.21. The predicted molar refractivity (Wildman–Crippen MR) is 97.5 cm³/mol. The molecule has 2 N–H and O–H groups in total.